The molecule has 0 aliphatic heterocycles. The van der Waals surface area contributed by atoms with Crippen LogP contribution in [-0.4, -0.2) is 12.1 Å². The molecule has 126 valence electrons. The van der Waals surface area contributed by atoms with E-state index in [4.69, 9.17) is 9.15 Å². The SMILES string of the molecule is O=C(N/N=C\c1cccc(OCc2ccccc2)c1)c1ccc(Br)o1. The van der Waals surface area contributed by atoms with E-state index < -0.39 is 5.91 Å². The average molecular weight is 399 g/mol. The molecule has 0 saturated carbocycles. The van der Waals surface area contributed by atoms with Gasteiger partial charge in [0.1, 0.15) is 12.4 Å². The normalized spacial score (nSPS) is 10.8. The van der Waals surface area contributed by atoms with Gasteiger partial charge in [0, 0.05) is 0 Å². The van der Waals surface area contributed by atoms with Crippen LogP contribution in [0.15, 0.2) is 80.9 Å². The van der Waals surface area contributed by atoms with Crippen molar-refractivity contribution in [2.24, 2.45) is 5.10 Å². The van der Waals surface area contributed by atoms with Gasteiger partial charge < -0.3 is 9.15 Å². The van der Waals surface area contributed by atoms with Gasteiger partial charge in [-0.3, -0.25) is 4.79 Å². The summed E-state index contributed by atoms with van der Waals surface area (Å²) in [6.45, 7) is 0.492. The Morgan fingerprint density at radius 2 is 1.96 bits per heavy atom. The smallest absolute Gasteiger partial charge is 0.307 e. The molecule has 6 heteroatoms. The Kier molecular flexibility index (Phi) is 5.64. The molecule has 1 amide bonds. The molecule has 0 atom stereocenters. The molecule has 3 aromatic rings. The van der Waals surface area contributed by atoms with Crippen LogP contribution < -0.4 is 10.2 Å². The summed E-state index contributed by atoms with van der Waals surface area (Å²) in [6.07, 6.45) is 1.55. The van der Waals surface area contributed by atoms with Crippen LogP contribution in [-0.2, 0) is 6.61 Å². The van der Waals surface area contributed by atoms with Crippen molar-refractivity contribution in [1.29, 1.82) is 0 Å². The zero-order valence-electron chi connectivity index (χ0n) is 13.2. The molecule has 1 heterocycles. The molecular weight excluding hydrogens is 384 g/mol. The molecule has 0 bridgehead atoms. The highest BCUT2D eigenvalue weighted by Crippen LogP contribution is 2.15. The quantitative estimate of drug-likeness (QED) is 0.494. The van der Waals surface area contributed by atoms with Gasteiger partial charge in [-0.1, -0.05) is 42.5 Å². The van der Waals surface area contributed by atoms with Crippen LogP contribution in [0.25, 0.3) is 0 Å². The van der Waals surface area contributed by atoms with E-state index in [1.165, 1.54) is 0 Å². The fourth-order valence-electron chi connectivity index (χ4n) is 2.08. The third-order valence-electron chi connectivity index (χ3n) is 3.28. The Morgan fingerprint density at radius 1 is 1.12 bits per heavy atom. The van der Waals surface area contributed by atoms with Crippen LogP contribution in [0.5, 0.6) is 5.75 Å². The van der Waals surface area contributed by atoms with Crippen LogP contribution in [0.4, 0.5) is 0 Å². The molecule has 0 radical (unpaired) electrons. The Balaban J connectivity index is 1.56. The highest BCUT2D eigenvalue weighted by atomic mass is 79.9. The number of hydrogen-bond acceptors (Lipinski definition) is 4. The zero-order valence-corrected chi connectivity index (χ0v) is 14.8. The Morgan fingerprint density at radius 3 is 2.72 bits per heavy atom. The summed E-state index contributed by atoms with van der Waals surface area (Å²) in [6, 6.07) is 20.6. The highest BCUT2D eigenvalue weighted by Gasteiger charge is 2.08. The van der Waals surface area contributed by atoms with Crippen molar-refractivity contribution in [3.8, 4) is 5.75 Å². The van der Waals surface area contributed by atoms with Crippen molar-refractivity contribution >= 4 is 28.1 Å². The molecule has 0 spiro atoms. The number of carbonyl (C=O) groups excluding carboxylic acids is 1. The van der Waals surface area contributed by atoms with Crippen LogP contribution >= 0.6 is 15.9 Å². The van der Waals surface area contributed by atoms with Gasteiger partial charge in [0.15, 0.2) is 10.4 Å². The second kappa shape index (κ2) is 8.30. The van der Waals surface area contributed by atoms with E-state index in [-0.39, 0.29) is 5.76 Å². The van der Waals surface area contributed by atoms with Crippen molar-refractivity contribution in [2.45, 2.75) is 6.61 Å². The number of carbonyl (C=O) groups is 1. The first-order valence-corrected chi connectivity index (χ1v) is 8.35. The number of rotatable bonds is 6. The van der Waals surface area contributed by atoms with E-state index in [0.717, 1.165) is 16.9 Å². The maximum atomic E-state index is 11.8. The first kappa shape index (κ1) is 17.0. The Bertz CT molecular complexity index is 875. The van der Waals surface area contributed by atoms with Crippen molar-refractivity contribution in [1.82, 2.24) is 5.43 Å². The van der Waals surface area contributed by atoms with Gasteiger partial charge in [0.25, 0.3) is 0 Å². The van der Waals surface area contributed by atoms with E-state index >= 15 is 0 Å². The summed E-state index contributed by atoms with van der Waals surface area (Å²) in [5.41, 5.74) is 4.32. The number of ether oxygens (including phenoxy) is 1. The second-order valence-electron chi connectivity index (χ2n) is 5.15. The molecule has 2 aromatic carbocycles. The number of amides is 1. The second-order valence-corrected chi connectivity index (χ2v) is 5.93. The average Bonchev–Trinajstić information content (AvgIpc) is 3.08. The minimum absolute atomic E-state index is 0.184. The lowest BCUT2D eigenvalue weighted by molar-refractivity contribution is 0.0926. The van der Waals surface area contributed by atoms with E-state index in [1.807, 2.05) is 54.6 Å². The largest absolute Gasteiger partial charge is 0.489 e. The lowest BCUT2D eigenvalue weighted by Crippen LogP contribution is -2.16. The van der Waals surface area contributed by atoms with E-state index in [0.29, 0.717) is 11.3 Å². The van der Waals surface area contributed by atoms with E-state index in [1.54, 1.807) is 18.3 Å². The van der Waals surface area contributed by atoms with Gasteiger partial charge in [-0.05, 0) is 51.3 Å². The third kappa shape index (κ3) is 5.06. The molecule has 0 saturated heterocycles. The highest BCUT2D eigenvalue weighted by molar-refractivity contribution is 9.10. The van der Waals surface area contributed by atoms with Gasteiger partial charge in [-0.15, -0.1) is 0 Å². The Hall–Kier alpha value is -2.86. The molecule has 0 unspecified atom stereocenters. The fourth-order valence-corrected chi connectivity index (χ4v) is 2.39. The molecule has 3 rings (SSSR count). The van der Waals surface area contributed by atoms with E-state index in [2.05, 4.69) is 26.5 Å². The van der Waals surface area contributed by atoms with Crippen molar-refractivity contribution in [2.75, 3.05) is 0 Å². The van der Waals surface area contributed by atoms with Gasteiger partial charge in [-0.25, -0.2) is 5.43 Å². The summed E-state index contributed by atoms with van der Waals surface area (Å²) < 4.78 is 11.4. The molecular formula is C19H15BrN2O3. The number of nitrogens with one attached hydrogen (secondary N) is 1. The minimum atomic E-state index is -0.418. The maximum absolute atomic E-state index is 11.8. The van der Waals surface area contributed by atoms with Crippen LogP contribution in [0.3, 0.4) is 0 Å². The van der Waals surface area contributed by atoms with Gasteiger partial charge in [-0.2, -0.15) is 5.10 Å². The van der Waals surface area contributed by atoms with Crippen LogP contribution in [0.1, 0.15) is 21.7 Å². The first-order chi connectivity index (χ1) is 12.2. The van der Waals surface area contributed by atoms with Crippen LogP contribution in [0.2, 0.25) is 0 Å². The van der Waals surface area contributed by atoms with Gasteiger partial charge >= 0.3 is 5.91 Å². The number of halogens is 1. The molecule has 1 N–H and O–H groups in total. The number of hydrazone groups is 1. The maximum Gasteiger partial charge on any atom is 0.307 e. The lowest BCUT2D eigenvalue weighted by atomic mass is 10.2. The molecule has 25 heavy (non-hydrogen) atoms. The molecule has 1 aromatic heterocycles. The Labute approximate surface area is 153 Å². The lowest BCUT2D eigenvalue weighted by Gasteiger charge is -2.06. The molecule has 0 aliphatic rings. The minimum Gasteiger partial charge on any atom is -0.489 e. The number of hydrogen-bond donors (Lipinski definition) is 1. The fraction of sp³-hybridized carbons (Fsp3) is 0.0526. The van der Waals surface area contributed by atoms with Crippen molar-refractivity contribution in [3.05, 3.63) is 88.3 Å². The first-order valence-electron chi connectivity index (χ1n) is 7.56. The van der Waals surface area contributed by atoms with Crippen LogP contribution in [0, 0.1) is 0 Å². The predicted molar refractivity (Wildman–Crippen MR) is 98.7 cm³/mol. The molecule has 0 aliphatic carbocycles. The third-order valence-corrected chi connectivity index (χ3v) is 3.71. The predicted octanol–water partition coefficient (Wildman–Crippen LogP) is 4.39. The standard InChI is InChI=1S/C19H15BrN2O3/c20-18-10-9-17(25-18)19(23)22-21-12-15-7-4-8-16(11-15)24-13-14-5-2-1-3-6-14/h1-12H,13H2,(H,22,23)/b21-12-. The number of nitrogens with zero attached hydrogens (tertiary/aromatic N) is 1. The number of furan rings is 1. The number of benzene rings is 2. The molecule has 0 fully saturated rings. The van der Waals surface area contributed by atoms with Gasteiger partial charge in [0.05, 0.1) is 6.21 Å². The monoisotopic (exact) mass is 398 g/mol. The summed E-state index contributed by atoms with van der Waals surface area (Å²) in [5.74, 6) is 0.497. The summed E-state index contributed by atoms with van der Waals surface area (Å²) >= 11 is 3.15. The topological polar surface area (TPSA) is 63.8 Å². The summed E-state index contributed by atoms with van der Waals surface area (Å²) in [5, 5.41) is 3.93. The van der Waals surface area contributed by atoms with Crippen molar-refractivity contribution < 1.29 is 13.9 Å². The van der Waals surface area contributed by atoms with Gasteiger partial charge in [0.2, 0.25) is 0 Å². The summed E-state index contributed by atoms with van der Waals surface area (Å²) in [4.78, 5) is 11.8. The molecule has 5 nitrogen and oxygen atoms in total. The zero-order chi connectivity index (χ0) is 17.5. The van der Waals surface area contributed by atoms with Crippen molar-refractivity contribution in [3.63, 3.8) is 0 Å². The van der Waals surface area contributed by atoms with E-state index in [9.17, 15) is 4.79 Å². The summed E-state index contributed by atoms with van der Waals surface area (Å²) in [7, 11) is 0.